The molecule has 348 valence electrons. The molecular weight excluding hydrogens is 937 g/mol. The summed E-state index contributed by atoms with van der Waals surface area (Å²) in [6, 6.07) is 18.9. The number of likely N-dealkylation sites (N-methyl/N-ethyl adjacent to an activating group) is 2. The quantitative estimate of drug-likeness (QED) is 0.0334. The first kappa shape index (κ1) is 63.6. The third kappa shape index (κ3) is 20.7. The van der Waals surface area contributed by atoms with Gasteiger partial charge < -0.3 is 37.7 Å². The van der Waals surface area contributed by atoms with Gasteiger partial charge in [0.05, 0.1) is 13.2 Å². The van der Waals surface area contributed by atoms with Crippen molar-refractivity contribution >= 4 is 60.7 Å². The van der Waals surface area contributed by atoms with E-state index in [1.54, 1.807) is 0 Å². The topological polar surface area (TPSA) is 222 Å². The number of halogens is 3. The first-order valence-electron chi connectivity index (χ1n) is 20.4. The summed E-state index contributed by atoms with van der Waals surface area (Å²) >= 11 is 12.1. The second-order valence-electron chi connectivity index (χ2n) is 15.6. The number of rotatable bonds is 10. The molecule has 3 aromatic rings. The Morgan fingerprint density at radius 2 is 1.28 bits per heavy atom. The summed E-state index contributed by atoms with van der Waals surface area (Å²) in [5.74, 6) is 1.04. The molecule has 5 heterocycles. The number of aromatic amines is 1. The smallest absolute Gasteiger partial charge is 1.00 e. The summed E-state index contributed by atoms with van der Waals surface area (Å²) in [5.41, 5.74) is 8.31. The third-order valence-corrected chi connectivity index (χ3v) is 12.3. The number of benzene rings is 2. The Balaban J connectivity index is 0. The van der Waals surface area contributed by atoms with E-state index in [9.17, 15) is 10.2 Å². The third-order valence-electron chi connectivity index (χ3n) is 11.8. The molecule has 4 atom stereocenters. The van der Waals surface area contributed by atoms with E-state index in [-0.39, 0.29) is 156 Å². The summed E-state index contributed by atoms with van der Waals surface area (Å²) in [7, 11) is 4.25. The number of H-pyrrole nitrogens is 1. The van der Waals surface area contributed by atoms with Crippen molar-refractivity contribution < 1.29 is 129 Å². The van der Waals surface area contributed by atoms with Crippen molar-refractivity contribution in [2.45, 2.75) is 82.2 Å². The van der Waals surface area contributed by atoms with E-state index in [0.717, 1.165) is 88.1 Å². The number of piperazine rings is 2. The van der Waals surface area contributed by atoms with Crippen LogP contribution in [0.3, 0.4) is 0 Å². The van der Waals surface area contributed by atoms with Crippen LogP contribution in [0.25, 0.3) is 0 Å². The predicted octanol–water partition coefficient (Wildman–Crippen LogP) is -3.38. The fraction of sp³-hybridized carbons (Fsp3) is 0.595. The van der Waals surface area contributed by atoms with Crippen molar-refractivity contribution in [3.8, 4) is 6.19 Å². The Labute approximate surface area is 482 Å². The maximum atomic E-state index is 9.85. The second kappa shape index (κ2) is 34.8. The summed E-state index contributed by atoms with van der Waals surface area (Å²) in [5, 5.41) is 47.3. The first-order valence-corrected chi connectivity index (χ1v) is 21.1. The average molecular weight is 1000 g/mol. The largest absolute Gasteiger partial charge is 1.00 e. The van der Waals surface area contributed by atoms with E-state index in [0.29, 0.717) is 36.1 Å². The molecule has 1 aromatic heterocycles. The number of anilines is 2. The van der Waals surface area contributed by atoms with Crippen LogP contribution in [0.5, 0.6) is 0 Å². The molecule has 64 heavy (non-hydrogen) atoms. The van der Waals surface area contributed by atoms with Gasteiger partial charge in [-0.05, 0) is 101 Å². The van der Waals surface area contributed by atoms with Crippen LogP contribution in [0.15, 0.2) is 53.5 Å². The molecule has 17 nitrogen and oxygen atoms in total. The van der Waals surface area contributed by atoms with Crippen LogP contribution < -0.4 is 124 Å². The molecule has 4 saturated heterocycles. The Kier molecular flexibility index (Phi) is 34.6. The van der Waals surface area contributed by atoms with Crippen molar-refractivity contribution in [3.05, 3.63) is 69.7 Å². The Morgan fingerprint density at radius 1 is 0.875 bits per heavy atom. The molecule has 4 aliphatic rings. The molecule has 4 fully saturated rings. The molecule has 0 aliphatic carbocycles. The maximum absolute atomic E-state index is 9.85. The molecule has 22 heteroatoms. The van der Waals surface area contributed by atoms with Gasteiger partial charge in [-0.1, -0.05) is 54.9 Å². The average Bonchev–Trinajstić information content (AvgIpc) is 3.72. The second-order valence-corrected chi connectivity index (χ2v) is 16.5. The Hall–Kier alpha value is -0.367. The number of piperidine rings is 2. The van der Waals surface area contributed by atoms with Gasteiger partial charge in [0, 0.05) is 92.3 Å². The maximum Gasteiger partial charge on any atom is 1.00 e. The van der Waals surface area contributed by atoms with Gasteiger partial charge >= 0.3 is 103 Å². The van der Waals surface area contributed by atoms with Gasteiger partial charge in [0.15, 0.2) is 0 Å². The monoisotopic (exact) mass is 1000 g/mol. The molecule has 4 aliphatic heterocycles. The Morgan fingerprint density at radius 3 is 1.62 bits per heavy atom. The number of nitrogens with zero attached hydrogens (tertiary/aromatic N) is 9. The van der Waals surface area contributed by atoms with Crippen LogP contribution in [0.4, 0.5) is 11.9 Å². The number of nitrogens with one attached hydrogen (secondary N) is 2. The molecule has 2 aromatic carbocycles. The molecule has 6 N–H and O–H groups in total. The SMILES string of the molecule is C.C=NC#N.CN1CC(Cc2ccc(Cl)cc2)N(C2CCN(c3n[nH]c(N)n3)CC2)C[C@@H]1CO.CN1CC(Cc2ccc(Cl)cc2)N(C2CCNCC2)C[C@@H]1CO.Cl.O=CO[O-].[H-].[K+].[K+]. The Bertz CT molecular complexity index is 1750. The molecule has 0 saturated carbocycles. The van der Waals surface area contributed by atoms with Gasteiger partial charge in [-0.15, -0.1) is 17.5 Å². The zero-order valence-corrected chi connectivity index (χ0v) is 45.6. The summed E-state index contributed by atoms with van der Waals surface area (Å²) < 4.78 is 0. The molecule has 0 spiro atoms. The summed E-state index contributed by atoms with van der Waals surface area (Å²) in [6.45, 7) is 11.0. The number of aromatic nitrogens is 3. The zero-order chi connectivity index (χ0) is 43.4. The summed E-state index contributed by atoms with van der Waals surface area (Å²) in [6.07, 6.45) is 7.99. The number of carbonyl (C=O) groups excluding carboxylic acids is 1. The first-order chi connectivity index (χ1) is 29.0. The molecule has 7 rings (SSSR count). The number of nitrogens with two attached hydrogens (primary N) is 1. The van der Waals surface area contributed by atoms with Crippen molar-refractivity contribution in [2.24, 2.45) is 4.99 Å². The van der Waals surface area contributed by atoms with E-state index < -0.39 is 0 Å². The van der Waals surface area contributed by atoms with E-state index >= 15 is 0 Å². The minimum absolute atomic E-state index is 0. The summed E-state index contributed by atoms with van der Waals surface area (Å²) in [4.78, 5) is 30.4. The van der Waals surface area contributed by atoms with E-state index in [2.05, 4.69) is 100.0 Å². The molecular formula is C42H67Cl3K2N12O5. The molecule has 2 unspecified atom stereocenters. The fourth-order valence-electron chi connectivity index (χ4n) is 8.62. The van der Waals surface area contributed by atoms with Crippen LogP contribution in [0.1, 0.15) is 45.7 Å². The standard InChI is InChI=1S/C20H30ClN7O.C18H28ClN3O.C2H2N2.CH2O3.CH4.ClH.2K.H/c1-26-11-17(10-14-2-4-15(21)5-3-14)28(12-18(26)13-29)16-6-8-27(9-7-16)20-23-19(22)24-25-20;1-21-11-17(10-14-2-4-15(19)5-3-14)22(12-18(21)13-23)16-6-8-20-9-7-16;1-4-2-3;2-1-4-3;;;;;/h2-5,16-18,29H,6-13H2,1H3,(H3,22,23,24,25);2-5,16-18,20,23H,6-13H2,1H3;1H2;1,3H;1H4;1H;;;/q;;;;;;2*+1;-1/p-1/t2*17?,18-;;;;;;;/m11......./s1. The van der Waals surface area contributed by atoms with E-state index in [1.165, 1.54) is 30.2 Å². The minimum Gasteiger partial charge on any atom is -1.00 e. The number of nitriles is 1. The van der Waals surface area contributed by atoms with Gasteiger partial charge in [0.25, 0.3) is 6.47 Å². The van der Waals surface area contributed by atoms with E-state index in [4.69, 9.17) is 44.2 Å². The van der Waals surface area contributed by atoms with Crippen molar-refractivity contribution in [3.63, 3.8) is 0 Å². The number of hydrogen-bond acceptors (Lipinski definition) is 16. The molecule has 0 bridgehead atoms. The van der Waals surface area contributed by atoms with Crippen LogP contribution in [-0.2, 0) is 22.5 Å². The van der Waals surface area contributed by atoms with E-state index in [1.807, 2.05) is 24.3 Å². The van der Waals surface area contributed by atoms with Crippen LogP contribution >= 0.6 is 35.6 Å². The van der Waals surface area contributed by atoms with Gasteiger partial charge in [0.1, 0.15) is 0 Å². The predicted molar refractivity (Wildman–Crippen MR) is 248 cm³/mol. The number of aliphatic hydroxyl groups is 2. The van der Waals surface area contributed by atoms with Gasteiger partial charge in [-0.25, -0.2) is 5.10 Å². The van der Waals surface area contributed by atoms with Crippen molar-refractivity contribution in [2.75, 3.05) is 90.3 Å². The van der Waals surface area contributed by atoms with Crippen molar-refractivity contribution in [1.82, 2.24) is 40.1 Å². The fourth-order valence-corrected chi connectivity index (χ4v) is 8.87. The molecule has 0 radical (unpaired) electrons. The number of aliphatic hydroxyl groups excluding tert-OH is 2. The van der Waals surface area contributed by atoms with Crippen LogP contribution in [-0.4, -0.2) is 174 Å². The number of nitrogen functional groups attached to an aromatic ring is 1. The van der Waals surface area contributed by atoms with Crippen LogP contribution in [0.2, 0.25) is 10.0 Å². The zero-order valence-electron chi connectivity index (χ0n) is 38.1. The molecule has 0 amide bonds. The number of aliphatic imine (C=N–C) groups is 1. The number of carbonyl (C=O) groups is 1. The normalized spacial score (nSPS) is 21.9. The van der Waals surface area contributed by atoms with Gasteiger partial charge in [-0.3, -0.25) is 24.4 Å². The van der Waals surface area contributed by atoms with Crippen molar-refractivity contribution in [1.29, 1.82) is 5.26 Å². The van der Waals surface area contributed by atoms with Crippen LogP contribution in [0, 0.1) is 11.5 Å². The van der Waals surface area contributed by atoms with Gasteiger partial charge in [-0.2, -0.15) is 15.2 Å². The number of hydrogen-bond donors (Lipinski definition) is 5. The van der Waals surface area contributed by atoms with Gasteiger partial charge in [0.2, 0.25) is 18.1 Å². The minimum atomic E-state index is -0.181.